The van der Waals surface area contributed by atoms with Crippen molar-refractivity contribution in [3.63, 3.8) is 0 Å². The molecule has 2 N–H and O–H groups in total. The maximum Gasteiger partial charge on any atom is 0.201 e. The van der Waals surface area contributed by atoms with Crippen molar-refractivity contribution in [2.75, 3.05) is 12.0 Å². The van der Waals surface area contributed by atoms with Gasteiger partial charge in [-0.05, 0) is 26.0 Å². The summed E-state index contributed by atoms with van der Waals surface area (Å²) in [5, 5.41) is 0. The Kier molecular flexibility index (Phi) is 2.61. The highest BCUT2D eigenvalue weighted by atomic mass is 32.2. The van der Waals surface area contributed by atoms with Crippen LogP contribution in [-0.4, -0.2) is 24.2 Å². The van der Waals surface area contributed by atoms with Crippen LogP contribution in [0.2, 0.25) is 0 Å². The zero-order valence-electron chi connectivity index (χ0n) is 10.0. The van der Waals surface area contributed by atoms with Crippen LogP contribution < -0.4 is 5.73 Å². The van der Waals surface area contributed by atoms with Crippen molar-refractivity contribution in [3.8, 4) is 0 Å². The molecule has 5 nitrogen and oxygen atoms in total. The van der Waals surface area contributed by atoms with Crippen LogP contribution in [0.25, 0.3) is 11.0 Å². The Bertz CT molecular complexity index is 671. The summed E-state index contributed by atoms with van der Waals surface area (Å²) in [5.41, 5.74) is 7.02. The van der Waals surface area contributed by atoms with Crippen molar-refractivity contribution < 1.29 is 8.42 Å². The lowest BCUT2D eigenvalue weighted by Gasteiger charge is -2.10. The Morgan fingerprint density at radius 1 is 1.35 bits per heavy atom. The summed E-state index contributed by atoms with van der Waals surface area (Å²) in [5.74, 6) is 0.339. The van der Waals surface area contributed by atoms with Crippen molar-refractivity contribution in [1.82, 2.24) is 9.55 Å². The van der Waals surface area contributed by atoms with E-state index < -0.39 is 9.84 Å². The normalized spacial score (nSPS) is 12.5. The second-order valence-corrected chi connectivity index (χ2v) is 6.31. The number of imidazole rings is 1. The fourth-order valence-corrected chi connectivity index (χ4v) is 2.78. The number of sulfone groups is 1. The molecule has 1 aromatic heterocycles. The highest BCUT2D eigenvalue weighted by molar-refractivity contribution is 7.91. The van der Waals surface area contributed by atoms with E-state index in [0.717, 1.165) is 5.52 Å². The number of nitrogens with two attached hydrogens (primary N) is 1. The van der Waals surface area contributed by atoms with E-state index in [2.05, 4.69) is 4.98 Å². The summed E-state index contributed by atoms with van der Waals surface area (Å²) < 4.78 is 25.1. The van der Waals surface area contributed by atoms with E-state index in [4.69, 9.17) is 5.73 Å². The number of para-hydroxylation sites is 1. The van der Waals surface area contributed by atoms with Gasteiger partial charge in [0.15, 0.2) is 9.84 Å². The molecular weight excluding hydrogens is 238 g/mol. The Labute approximate surface area is 100 Å². The molecule has 0 spiro atoms. The highest BCUT2D eigenvalue weighted by Crippen LogP contribution is 2.27. The van der Waals surface area contributed by atoms with Gasteiger partial charge in [0.05, 0.1) is 10.4 Å². The SMILES string of the molecule is CC(C)n1c(N)nc2c(S(C)(=O)=O)cccc21. The number of hydrogen-bond donors (Lipinski definition) is 1. The minimum Gasteiger partial charge on any atom is -0.369 e. The van der Waals surface area contributed by atoms with Crippen molar-refractivity contribution in [3.05, 3.63) is 18.2 Å². The Morgan fingerprint density at radius 2 is 2.00 bits per heavy atom. The predicted octanol–water partition coefficient (Wildman–Crippen LogP) is 1.60. The van der Waals surface area contributed by atoms with Crippen molar-refractivity contribution in [2.45, 2.75) is 24.8 Å². The van der Waals surface area contributed by atoms with Crippen LogP contribution in [-0.2, 0) is 9.84 Å². The number of anilines is 1. The summed E-state index contributed by atoms with van der Waals surface area (Å²) in [4.78, 5) is 4.39. The van der Waals surface area contributed by atoms with Crippen molar-refractivity contribution in [2.24, 2.45) is 0 Å². The van der Waals surface area contributed by atoms with Crippen LogP contribution >= 0.6 is 0 Å². The molecule has 0 aliphatic heterocycles. The predicted molar refractivity (Wildman–Crippen MR) is 67.6 cm³/mol. The zero-order chi connectivity index (χ0) is 12.8. The first-order chi connectivity index (χ1) is 7.82. The van der Waals surface area contributed by atoms with Crippen LogP contribution in [0.4, 0.5) is 5.95 Å². The molecule has 1 aromatic carbocycles. The third kappa shape index (κ3) is 1.88. The Hall–Kier alpha value is -1.56. The molecule has 0 radical (unpaired) electrons. The lowest BCUT2D eigenvalue weighted by atomic mass is 10.3. The molecular formula is C11H15N3O2S. The molecule has 6 heteroatoms. The van der Waals surface area contributed by atoms with Gasteiger partial charge in [0.25, 0.3) is 0 Å². The molecule has 0 aliphatic carbocycles. The van der Waals surface area contributed by atoms with Crippen LogP contribution in [0.1, 0.15) is 19.9 Å². The number of benzene rings is 1. The van der Waals surface area contributed by atoms with E-state index in [1.165, 1.54) is 6.26 Å². The van der Waals surface area contributed by atoms with Gasteiger partial charge in [-0.15, -0.1) is 0 Å². The number of nitrogens with zero attached hydrogens (tertiary/aromatic N) is 2. The van der Waals surface area contributed by atoms with Gasteiger partial charge < -0.3 is 10.3 Å². The van der Waals surface area contributed by atoms with Crippen LogP contribution in [0.15, 0.2) is 23.1 Å². The molecule has 2 aromatic rings. The molecule has 2 rings (SSSR count). The largest absolute Gasteiger partial charge is 0.369 e. The van der Waals surface area contributed by atoms with Gasteiger partial charge in [0.1, 0.15) is 5.52 Å². The maximum atomic E-state index is 11.6. The lowest BCUT2D eigenvalue weighted by molar-refractivity contribution is 0.602. The van der Waals surface area contributed by atoms with Crippen LogP contribution in [0.3, 0.4) is 0 Å². The van der Waals surface area contributed by atoms with E-state index in [0.29, 0.717) is 11.5 Å². The quantitative estimate of drug-likeness (QED) is 0.881. The summed E-state index contributed by atoms with van der Waals surface area (Å²) in [7, 11) is -3.29. The summed E-state index contributed by atoms with van der Waals surface area (Å²) in [6, 6.07) is 5.22. The lowest BCUT2D eigenvalue weighted by Crippen LogP contribution is -2.05. The molecule has 0 amide bonds. The van der Waals surface area contributed by atoms with E-state index in [1.54, 1.807) is 12.1 Å². The molecule has 0 atom stereocenters. The molecule has 0 saturated heterocycles. The smallest absolute Gasteiger partial charge is 0.201 e. The molecule has 1 heterocycles. The van der Waals surface area contributed by atoms with Crippen molar-refractivity contribution in [1.29, 1.82) is 0 Å². The summed E-state index contributed by atoms with van der Waals surface area (Å²) >= 11 is 0. The van der Waals surface area contributed by atoms with Gasteiger partial charge >= 0.3 is 0 Å². The fourth-order valence-electron chi connectivity index (χ4n) is 1.95. The van der Waals surface area contributed by atoms with Gasteiger partial charge in [-0.2, -0.15) is 0 Å². The van der Waals surface area contributed by atoms with E-state index in [1.807, 2.05) is 24.5 Å². The average Bonchev–Trinajstić information content (AvgIpc) is 2.51. The molecule has 0 unspecified atom stereocenters. The highest BCUT2D eigenvalue weighted by Gasteiger charge is 2.18. The second-order valence-electron chi connectivity index (χ2n) is 4.33. The monoisotopic (exact) mass is 253 g/mol. The van der Waals surface area contributed by atoms with Crippen LogP contribution in [0, 0.1) is 0 Å². The third-order valence-electron chi connectivity index (χ3n) is 2.63. The van der Waals surface area contributed by atoms with Gasteiger partial charge in [0, 0.05) is 12.3 Å². The average molecular weight is 253 g/mol. The number of fused-ring (bicyclic) bond motifs is 1. The first kappa shape index (κ1) is 11.9. The Balaban J connectivity index is 2.90. The van der Waals surface area contributed by atoms with Gasteiger partial charge in [-0.1, -0.05) is 6.07 Å². The molecule has 0 fully saturated rings. The maximum absolute atomic E-state index is 11.6. The minimum atomic E-state index is -3.29. The van der Waals surface area contributed by atoms with Crippen LogP contribution in [0.5, 0.6) is 0 Å². The number of aromatic nitrogens is 2. The van der Waals surface area contributed by atoms with Gasteiger partial charge in [-0.3, -0.25) is 0 Å². The molecule has 0 aliphatic rings. The molecule has 0 saturated carbocycles. The standard InChI is InChI=1S/C11H15N3O2S/c1-7(2)14-8-5-4-6-9(17(3,15)16)10(8)13-11(14)12/h4-7H,1-3H3,(H2,12,13). The summed E-state index contributed by atoms with van der Waals surface area (Å²) in [6.45, 7) is 3.95. The number of rotatable bonds is 2. The van der Waals surface area contributed by atoms with E-state index in [9.17, 15) is 8.42 Å². The van der Waals surface area contributed by atoms with Crippen molar-refractivity contribution >= 4 is 26.8 Å². The topological polar surface area (TPSA) is 78.0 Å². The first-order valence-corrected chi connectivity index (χ1v) is 7.18. The molecule has 17 heavy (non-hydrogen) atoms. The zero-order valence-corrected chi connectivity index (χ0v) is 10.8. The Morgan fingerprint density at radius 3 is 2.53 bits per heavy atom. The van der Waals surface area contributed by atoms with E-state index >= 15 is 0 Å². The fraction of sp³-hybridized carbons (Fsp3) is 0.364. The molecule has 92 valence electrons. The van der Waals surface area contributed by atoms with Gasteiger partial charge in [-0.25, -0.2) is 13.4 Å². The third-order valence-corrected chi connectivity index (χ3v) is 3.75. The second kappa shape index (κ2) is 3.73. The van der Waals surface area contributed by atoms with Gasteiger partial charge in [0.2, 0.25) is 5.95 Å². The number of hydrogen-bond acceptors (Lipinski definition) is 4. The summed E-state index contributed by atoms with van der Waals surface area (Å²) in [6.07, 6.45) is 1.17. The minimum absolute atomic E-state index is 0.134. The number of nitrogen functional groups attached to an aromatic ring is 1. The molecule has 0 bridgehead atoms. The first-order valence-electron chi connectivity index (χ1n) is 5.29. The van der Waals surface area contributed by atoms with E-state index in [-0.39, 0.29) is 10.9 Å².